The fraction of sp³-hybridized carbons (Fsp3) is 0.636. The van der Waals surface area contributed by atoms with Crippen LogP contribution in [0.4, 0.5) is 11.8 Å². The maximum Gasteiger partial charge on any atom is 0.224 e. The molecule has 6 heteroatoms. The third-order valence-corrected chi connectivity index (χ3v) is 2.52. The highest BCUT2D eigenvalue weighted by Gasteiger charge is 2.17. The van der Waals surface area contributed by atoms with Crippen molar-refractivity contribution >= 4 is 23.4 Å². The summed E-state index contributed by atoms with van der Waals surface area (Å²) in [6, 6.07) is 0. The van der Waals surface area contributed by atoms with Crippen molar-refractivity contribution in [3.05, 3.63) is 11.2 Å². The van der Waals surface area contributed by atoms with Crippen molar-refractivity contribution in [2.45, 2.75) is 20.8 Å². The molecule has 0 amide bonds. The molecule has 0 radical (unpaired) electrons. The van der Waals surface area contributed by atoms with E-state index in [1.807, 2.05) is 20.8 Å². The summed E-state index contributed by atoms with van der Waals surface area (Å²) in [7, 11) is 0. The minimum atomic E-state index is -0.216. The molecular weight excluding hydrogens is 240 g/mol. The molecule has 17 heavy (non-hydrogen) atoms. The zero-order valence-corrected chi connectivity index (χ0v) is 11.2. The van der Waals surface area contributed by atoms with Gasteiger partial charge in [0.2, 0.25) is 5.95 Å². The Morgan fingerprint density at radius 2 is 2.12 bits per heavy atom. The molecule has 0 atom stereocenters. The van der Waals surface area contributed by atoms with E-state index in [9.17, 15) is 0 Å². The number of aliphatic hydroxyl groups is 1. The molecule has 0 aliphatic rings. The van der Waals surface area contributed by atoms with Gasteiger partial charge in [0.25, 0.3) is 0 Å². The largest absolute Gasteiger partial charge is 0.396 e. The second-order valence-corrected chi connectivity index (χ2v) is 5.00. The van der Waals surface area contributed by atoms with Crippen LogP contribution >= 0.6 is 11.6 Å². The Bertz CT molecular complexity index is 370. The highest BCUT2D eigenvalue weighted by molar-refractivity contribution is 6.32. The molecule has 1 aromatic rings. The van der Waals surface area contributed by atoms with Gasteiger partial charge >= 0.3 is 0 Å². The molecule has 3 N–H and O–H groups in total. The molecule has 0 aliphatic heterocycles. The van der Waals surface area contributed by atoms with Crippen LogP contribution in [0, 0.1) is 5.41 Å². The highest BCUT2D eigenvalue weighted by Crippen LogP contribution is 2.21. The van der Waals surface area contributed by atoms with Gasteiger partial charge in [-0.25, -0.2) is 4.98 Å². The SMILES string of the molecule is CCNc1ncc(Cl)c(NCC(C)(C)CO)n1. The van der Waals surface area contributed by atoms with E-state index in [-0.39, 0.29) is 12.0 Å². The van der Waals surface area contributed by atoms with Crippen LogP contribution in [0.1, 0.15) is 20.8 Å². The molecule has 1 aromatic heterocycles. The van der Waals surface area contributed by atoms with Gasteiger partial charge in [0.15, 0.2) is 5.82 Å². The number of nitrogens with one attached hydrogen (secondary N) is 2. The quantitative estimate of drug-likeness (QED) is 0.728. The third-order valence-electron chi connectivity index (χ3n) is 2.24. The van der Waals surface area contributed by atoms with Crippen molar-refractivity contribution in [1.29, 1.82) is 0 Å². The number of aliphatic hydroxyl groups excluding tert-OH is 1. The van der Waals surface area contributed by atoms with E-state index >= 15 is 0 Å². The van der Waals surface area contributed by atoms with Crippen LogP contribution in [-0.2, 0) is 0 Å². The zero-order valence-electron chi connectivity index (χ0n) is 10.4. The lowest BCUT2D eigenvalue weighted by molar-refractivity contribution is 0.170. The van der Waals surface area contributed by atoms with E-state index in [1.165, 1.54) is 0 Å². The van der Waals surface area contributed by atoms with Gasteiger partial charge in [0.05, 0.1) is 6.20 Å². The predicted molar refractivity (Wildman–Crippen MR) is 70.6 cm³/mol. The number of hydrogen-bond donors (Lipinski definition) is 3. The van der Waals surface area contributed by atoms with Gasteiger partial charge in [0, 0.05) is 25.1 Å². The van der Waals surface area contributed by atoms with Crippen LogP contribution < -0.4 is 10.6 Å². The number of aromatic nitrogens is 2. The van der Waals surface area contributed by atoms with Crippen molar-refractivity contribution in [2.24, 2.45) is 5.41 Å². The van der Waals surface area contributed by atoms with E-state index in [4.69, 9.17) is 16.7 Å². The van der Waals surface area contributed by atoms with E-state index < -0.39 is 0 Å². The van der Waals surface area contributed by atoms with Crippen LogP contribution in [0.5, 0.6) is 0 Å². The van der Waals surface area contributed by atoms with Gasteiger partial charge < -0.3 is 15.7 Å². The van der Waals surface area contributed by atoms with E-state index in [2.05, 4.69) is 20.6 Å². The molecule has 0 bridgehead atoms. The standard InChI is InChI=1S/C11H19ClN4O/c1-4-13-10-14-5-8(12)9(16-10)15-6-11(2,3)7-17/h5,17H,4,6-7H2,1-3H3,(H2,13,14,15,16). The van der Waals surface area contributed by atoms with Crippen LogP contribution in [0.25, 0.3) is 0 Å². The van der Waals surface area contributed by atoms with Crippen LogP contribution in [0.3, 0.4) is 0 Å². The monoisotopic (exact) mass is 258 g/mol. The first kappa shape index (κ1) is 14.0. The molecule has 0 fully saturated rings. The summed E-state index contributed by atoms with van der Waals surface area (Å²) in [5.41, 5.74) is -0.216. The molecule has 0 saturated heterocycles. The molecule has 1 rings (SSSR count). The van der Waals surface area contributed by atoms with Crippen LogP contribution in [0.15, 0.2) is 6.20 Å². The summed E-state index contributed by atoms with van der Waals surface area (Å²) >= 11 is 5.99. The topological polar surface area (TPSA) is 70.1 Å². The van der Waals surface area contributed by atoms with Gasteiger partial charge in [0.1, 0.15) is 5.02 Å². The van der Waals surface area contributed by atoms with Crippen LogP contribution in [0.2, 0.25) is 5.02 Å². The summed E-state index contributed by atoms with van der Waals surface area (Å²) in [4.78, 5) is 8.30. The molecular formula is C11H19ClN4O. The van der Waals surface area contributed by atoms with Gasteiger partial charge in [-0.05, 0) is 6.92 Å². The molecule has 0 aliphatic carbocycles. The summed E-state index contributed by atoms with van der Waals surface area (Å²) in [5.74, 6) is 1.13. The minimum Gasteiger partial charge on any atom is -0.396 e. The predicted octanol–water partition coefficient (Wildman–Crippen LogP) is 1.99. The van der Waals surface area contributed by atoms with Crippen LogP contribution in [-0.4, -0.2) is 34.8 Å². The zero-order chi connectivity index (χ0) is 12.9. The Labute approximate surface area is 107 Å². The first-order valence-electron chi connectivity index (χ1n) is 5.59. The van der Waals surface area contributed by atoms with E-state index in [0.29, 0.717) is 23.3 Å². The lowest BCUT2D eigenvalue weighted by atomic mass is 9.95. The molecule has 5 nitrogen and oxygen atoms in total. The number of nitrogens with zero attached hydrogens (tertiary/aromatic N) is 2. The third kappa shape index (κ3) is 4.36. The average Bonchev–Trinajstić information content (AvgIpc) is 2.30. The Morgan fingerprint density at radius 3 is 2.71 bits per heavy atom. The normalized spacial score (nSPS) is 11.4. The summed E-state index contributed by atoms with van der Waals surface area (Å²) in [5, 5.41) is 15.8. The van der Waals surface area contributed by atoms with E-state index in [1.54, 1.807) is 6.20 Å². The molecule has 0 spiro atoms. The minimum absolute atomic E-state index is 0.1000. The maximum absolute atomic E-state index is 9.16. The summed E-state index contributed by atoms with van der Waals surface area (Å²) in [6.45, 7) is 7.33. The van der Waals surface area contributed by atoms with Crippen molar-refractivity contribution < 1.29 is 5.11 Å². The first-order valence-corrected chi connectivity index (χ1v) is 5.97. The smallest absolute Gasteiger partial charge is 0.224 e. The van der Waals surface area contributed by atoms with Gasteiger partial charge in [-0.1, -0.05) is 25.4 Å². The van der Waals surface area contributed by atoms with Gasteiger partial charge in [-0.15, -0.1) is 0 Å². The Balaban J connectivity index is 2.72. The Kier molecular flexibility index (Phi) is 4.96. The molecule has 0 unspecified atom stereocenters. The average molecular weight is 259 g/mol. The lowest BCUT2D eigenvalue weighted by Crippen LogP contribution is -2.27. The number of halogens is 1. The van der Waals surface area contributed by atoms with Crippen molar-refractivity contribution in [1.82, 2.24) is 9.97 Å². The Hall–Kier alpha value is -1.07. The second kappa shape index (κ2) is 6.02. The van der Waals surface area contributed by atoms with Crippen molar-refractivity contribution in [3.63, 3.8) is 0 Å². The number of rotatable bonds is 6. The highest BCUT2D eigenvalue weighted by atomic mass is 35.5. The van der Waals surface area contributed by atoms with Crippen molar-refractivity contribution in [2.75, 3.05) is 30.3 Å². The summed E-state index contributed by atoms with van der Waals surface area (Å²) < 4.78 is 0. The Morgan fingerprint density at radius 1 is 1.41 bits per heavy atom. The molecule has 0 aromatic carbocycles. The fourth-order valence-electron chi connectivity index (χ4n) is 1.11. The fourth-order valence-corrected chi connectivity index (χ4v) is 1.27. The van der Waals surface area contributed by atoms with Crippen molar-refractivity contribution in [3.8, 4) is 0 Å². The first-order chi connectivity index (χ1) is 7.98. The molecule has 0 saturated carbocycles. The number of hydrogen-bond acceptors (Lipinski definition) is 5. The van der Waals surface area contributed by atoms with Gasteiger partial charge in [-0.2, -0.15) is 4.98 Å². The molecule has 1 heterocycles. The second-order valence-electron chi connectivity index (χ2n) is 4.60. The summed E-state index contributed by atoms with van der Waals surface area (Å²) in [6.07, 6.45) is 1.56. The van der Waals surface area contributed by atoms with E-state index in [0.717, 1.165) is 6.54 Å². The molecule has 96 valence electrons. The van der Waals surface area contributed by atoms with Gasteiger partial charge in [-0.3, -0.25) is 0 Å². The lowest BCUT2D eigenvalue weighted by Gasteiger charge is -2.22. The number of anilines is 2. The maximum atomic E-state index is 9.16.